The molecule has 12 heteroatoms. The van der Waals surface area contributed by atoms with Crippen molar-refractivity contribution in [2.75, 3.05) is 50.9 Å². The summed E-state index contributed by atoms with van der Waals surface area (Å²) in [7, 11) is 0. The summed E-state index contributed by atoms with van der Waals surface area (Å²) in [6, 6.07) is 16.7. The van der Waals surface area contributed by atoms with E-state index in [4.69, 9.17) is 18.9 Å². The fraction of sp³-hybridized carbons (Fsp3) is 0.694. The van der Waals surface area contributed by atoms with Crippen LogP contribution in [-0.2, 0) is 37.0 Å². The van der Waals surface area contributed by atoms with Crippen LogP contribution in [0.5, 0.6) is 0 Å². The number of aliphatic hydroxyl groups is 1. The molecule has 0 radical (unpaired) electrons. The first-order valence-corrected chi connectivity index (χ1v) is 24.4. The molecule has 6 rings (SSSR count). The topological polar surface area (TPSA) is 115 Å². The SMILES string of the molecule is CC(=O)CSc1ccc(COC[C@@H]2C[C@@H]2C2CCN(C(=O)OC(C)(C)C)CC2)cc1.CC(C)(O)CSc1ccc(COC[C@@H]2C[C@@H]2C2CCN(C(=O)OC(C)(C)C)CC2)cc1. The van der Waals surface area contributed by atoms with Crippen LogP contribution in [0.1, 0.15) is 112 Å². The molecule has 2 amide bonds. The number of ether oxygens (including phenoxy) is 4. The van der Waals surface area contributed by atoms with E-state index in [1.165, 1.54) is 28.9 Å². The number of hydrogen-bond donors (Lipinski definition) is 1. The minimum Gasteiger partial charge on any atom is -0.444 e. The second-order valence-corrected chi connectivity index (χ2v) is 22.4. The van der Waals surface area contributed by atoms with Crippen molar-refractivity contribution < 1.29 is 38.4 Å². The van der Waals surface area contributed by atoms with Crippen LogP contribution in [0.4, 0.5) is 9.59 Å². The first kappa shape index (κ1) is 49.2. The summed E-state index contributed by atoms with van der Waals surface area (Å²) in [4.78, 5) is 41.5. The van der Waals surface area contributed by atoms with Crippen LogP contribution in [0.15, 0.2) is 58.3 Å². The monoisotopic (exact) mass is 882 g/mol. The van der Waals surface area contributed by atoms with Gasteiger partial charge in [0.2, 0.25) is 0 Å². The Balaban J connectivity index is 0.000000231. The summed E-state index contributed by atoms with van der Waals surface area (Å²) in [5.41, 5.74) is 0.850. The quantitative estimate of drug-likeness (QED) is 0.163. The van der Waals surface area contributed by atoms with Crippen LogP contribution in [-0.4, -0.2) is 101 Å². The average molecular weight is 883 g/mol. The lowest BCUT2D eigenvalue weighted by atomic mass is 9.91. The molecule has 0 bridgehead atoms. The number of nitrogens with zero attached hydrogens (tertiary/aromatic N) is 2. The number of benzene rings is 2. The molecule has 2 saturated heterocycles. The van der Waals surface area contributed by atoms with Crippen LogP contribution in [0.3, 0.4) is 0 Å². The summed E-state index contributed by atoms with van der Waals surface area (Å²) in [5, 5.41) is 9.84. The number of piperidine rings is 2. The van der Waals surface area contributed by atoms with Gasteiger partial charge in [-0.25, -0.2) is 9.59 Å². The van der Waals surface area contributed by atoms with Crippen molar-refractivity contribution in [3.63, 3.8) is 0 Å². The molecule has 2 aliphatic carbocycles. The largest absolute Gasteiger partial charge is 0.444 e. The molecule has 4 atom stereocenters. The highest BCUT2D eigenvalue weighted by molar-refractivity contribution is 8.00. The standard InChI is InChI=1S/C25H39NO4S.C24H35NO4S/c1-24(2,3)30-23(27)26-12-10-19(11-13-26)22-14-20(22)16-29-15-18-6-8-21(9-7-18)31-17-25(4,5)28;1-17(26)16-30-21-7-5-18(6-8-21)14-28-15-20-13-22(20)19-9-11-25(12-10-19)23(27)29-24(2,3)4/h6-9,19-20,22,28H,10-17H2,1-5H3;5-8,19-20,22H,9-16H2,1-4H3/t2*20-,22+/m00/s1. The van der Waals surface area contributed by atoms with Gasteiger partial charge in [-0.2, -0.15) is 0 Å². The fourth-order valence-corrected chi connectivity index (χ4v) is 9.77. The smallest absolute Gasteiger partial charge is 0.410 e. The van der Waals surface area contributed by atoms with Crippen molar-refractivity contribution in [3.05, 3.63) is 59.7 Å². The Kier molecular flexibility index (Phi) is 17.9. The van der Waals surface area contributed by atoms with Gasteiger partial charge >= 0.3 is 12.2 Å². The number of carbonyl (C=O) groups is 3. The van der Waals surface area contributed by atoms with Gasteiger partial charge in [0.25, 0.3) is 0 Å². The number of carbonyl (C=O) groups excluding carboxylic acids is 3. The van der Waals surface area contributed by atoms with Crippen LogP contribution in [0, 0.1) is 35.5 Å². The predicted molar refractivity (Wildman–Crippen MR) is 245 cm³/mol. The molecule has 2 aromatic rings. The molecule has 2 heterocycles. The van der Waals surface area contributed by atoms with E-state index >= 15 is 0 Å². The Hall–Kier alpha value is -2.77. The van der Waals surface area contributed by atoms with Crippen molar-refractivity contribution in [1.82, 2.24) is 9.80 Å². The van der Waals surface area contributed by atoms with Crippen molar-refractivity contribution in [2.45, 2.75) is 141 Å². The summed E-state index contributed by atoms with van der Waals surface area (Å²) in [6.07, 6.45) is 6.43. The molecule has 4 aliphatic rings. The lowest BCUT2D eigenvalue weighted by Gasteiger charge is -2.33. The zero-order chi connectivity index (χ0) is 44.4. The number of hydrogen-bond acceptors (Lipinski definition) is 10. The van der Waals surface area contributed by atoms with E-state index in [2.05, 4.69) is 48.5 Å². The van der Waals surface area contributed by atoms with E-state index in [0.29, 0.717) is 48.4 Å². The number of Topliss-reactive ketones (excluding diaryl/α,β-unsaturated/α-hetero) is 1. The van der Waals surface area contributed by atoms with Gasteiger partial charge < -0.3 is 33.9 Å². The molecule has 61 heavy (non-hydrogen) atoms. The molecule has 10 nitrogen and oxygen atoms in total. The molecule has 2 saturated carbocycles. The van der Waals surface area contributed by atoms with Gasteiger partial charge in [-0.1, -0.05) is 24.3 Å². The third-order valence-corrected chi connectivity index (χ3v) is 14.2. The normalized spacial score (nSPS) is 22.3. The van der Waals surface area contributed by atoms with Gasteiger partial charge in [0.15, 0.2) is 0 Å². The molecular weight excluding hydrogens is 809 g/mol. The number of rotatable bonds is 16. The van der Waals surface area contributed by atoms with Crippen LogP contribution < -0.4 is 0 Å². The van der Waals surface area contributed by atoms with Gasteiger partial charge in [0.05, 0.1) is 37.8 Å². The maximum absolute atomic E-state index is 12.2. The zero-order valence-corrected chi connectivity index (χ0v) is 40.0. The molecule has 0 spiro atoms. The maximum atomic E-state index is 12.2. The molecule has 340 valence electrons. The molecule has 2 aromatic carbocycles. The average Bonchev–Trinajstić information content (AvgIpc) is 4.13. The number of amides is 2. The predicted octanol–water partition coefficient (Wildman–Crippen LogP) is 10.5. The molecule has 1 N–H and O–H groups in total. The van der Waals surface area contributed by atoms with Gasteiger partial charge in [0.1, 0.15) is 17.0 Å². The number of thioether (sulfide) groups is 2. The summed E-state index contributed by atoms with van der Waals surface area (Å²) < 4.78 is 23.0. The Morgan fingerprint density at radius 2 is 1.00 bits per heavy atom. The van der Waals surface area contributed by atoms with Gasteiger partial charge in [-0.05, 0) is 172 Å². The first-order chi connectivity index (χ1) is 28.7. The van der Waals surface area contributed by atoms with Crippen molar-refractivity contribution >= 4 is 41.5 Å². The highest BCUT2D eigenvalue weighted by Gasteiger charge is 2.45. The van der Waals surface area contributed by atoms with Gasteiger partial charge in [-0.3, -0.25) is 4.79 Å². The van der Waals surface area contributed by atoms with Crippen molar-refractivity contribution in [2.24, 2.45) is 35.5 Å². The first-order valence-electron chi connectivity index (χ1n) is 22.5. The maximum Gasteiger partial charge on any atom is 0.410 e. The second-order valence-electron chi connectivity index (χ2n) is 20.3. The van der Waals surface area contributed by atoms with Crippen LogP contribution in [0.25, 0.3) is 0 Å². The van der Waals surface area contributed by atoms with E-state index in [9.17, 15) is 19.5 Å². The Morgan fingerprint density at radius 3 is 1.34 bits per heavy atom. The Morgan fingerprint density at radius 1 is 0.623 bits per heavy atom. The number of likely N-dealkylation sites (tertiary alicyclic amines) is 2. The molecule has 0 unspecified atom stereocenters. The minimum atomic E-state index is -0.653. The van der Waals surface area contributed by atoms with E-state index in [0.717, 1.165) is 81.8 Å². The Labute approximate surface area is 374 Å². The molecule has 4 fully saturated rings. The van der Waals surface area contributed by atoms with E-state index in [-0.39, 0.29) is 18.0 Å². The number of ketones is 1. The molecule has 0 aromatic heterocycles. The van der Waals surface area contributed by atoms with E-state index < -0.39 is 16.8 Å². The molecule has 2 aliphatic heterocycles. The third kappa shape index (κ3) is 18.1. The van der Waals surface area contributed by atoms with Gasteiger partial charge in [0, 0.05) is 41.7 Å². The van der Waals surface area contributed by atoms with E-state index in [1.54, 1.807) is 30.4 Å². The van der Waals surface area contributed by atoms with Gasteiger partial charge in [-0.15, -0.1) is 23.5 Å². The minimum absolute atomic E-state index is 0.175. The highest BCUT2D eigenvalue weighted by atomic mass is 32.2. The summed E-state index contributed by atoms with van der Waals surface area (Å²) in [5.74, 6) is 5.64. The third-order valence-electron chi connectivity index (χ3n) is 11.6. The molecular formula is C49H74N2O8S2. The second kappa shape index (κ2) is 22.2. The summed E-state index contributed by atoms with van der Waals surface area (Å²) in [6.45, 7) is 22.9. The lowest BCUT2D eigenvalue weighted by Crippen LogP contribution is -2.42. The van der Waals surface area contributed by atoms with Crippen LogP contribution >= 0.6 is 23.5 Å². The highest BCUT2D eigenvalue weighted by Crippen LogP contribution is 2.49. The van der Waals surface area contributed by atoms with Crippen molar-refractivity contribution in [1.29, 1.82) is 0 Å². The van der Waals surface area contributed by atoms with E-state index in [1.807, 2.05) is 65.2 Å². The fourth-order valence-electron chi connectivity index (χ4n) is 8.22. The summed E-state index contributed by atoms with van der Waals surface area (Å²) >= 11 is 3.25. The zero-order valence-electron chi connectivity index (χ0n) is 38.4. The Bertz CT molecular complexity index is 1690. The van der Waals surface area contributed by atoms with Crippen LogP contribution in [0.2, 0.25) is 0 Å². The van der Waals surface area contributed by atoms with Crippen molar-refractivity contribution in [3.8, 4) is 0 Å². The lowest BCUT2D eigenvalue weighted by molar-refractivity contribution is -0.114.